The molecule has 4 nitrogen and oxygen atoms in total. The van der Waals surface area contributed by atoms with Crippen LogP contribution < -0.4 is 10.3 Å². The summed E-state index contributed by atoms with van der Waals surface area (Å²) >= 11 is 3.19. The zero-order valence-corrected chi connectivity index (χ0v) is 11.7. The normalized spacial score (nSPS) is 10.4. The molecular formula is C13H13BrN2O2. The van der Waals surface area contributed by atoms with Crippen molar-refractivity contribution in [1.82, 2.24) is 9.97 Å². The number of aryl methyl sites for hydroxylation is 1. The van der Waals surface area contributed by atoms with E-state index in [1.807, 2.05) is 31.2 Å². The third-order valence-electron chi connectivity index (χ3n) is 2.45. The Bertz CT molecular complexity index is 623. The molecule has 0 fully saturated rings. The number of nitrogens with zero attached hydrogens (tertiary/aromatic N) is 1. The smallest absolute Gasteiger partial charge is 0.265 e. The molecule has 0 aliphatic carbocycles. The van der Waals surface area contributed by atoms with Crippen molar-refractivity contribution in [3.63, 3.8) is 0 Å². The van der Waals surface area contributed by atoms with Crippen LogP contribution in [0.5, 0.6) is 5.75 Å². The lowest BCUT2D eigenvalue weighted by Crippen LogP contribution is -2.11. The molecule has 0 atom stereocenters. The fourth-order valence-electron chi connectivity index (χ4n) is 1.61. The molecule has 2 rings (SSSR count). The van der Waals surface area contributed by atoms with Gasteiger partial charge in [0.15, 0.2) is 0 Å². The fraction of sp³-hybridized carbons (Fsp3) is 0.231. The van der Waals surface area contributed by atoms with Gasteiger partial charge in [0.25, 0.3) is 5.56 Å². The van der Waals surface area contributed by atoms with Crippen LogP contribution in [0.15, 0.2) is 33.5 Å². The molecule has 0 bridgehead atoms. The van der Waals surface area contributed by atoms with Crippen LogP contribution in [-0.4, -0.2) is 16.6 Å². The first-order valence-corrected chi connectivity index (χ1v) is 6.40. The van der Waals surface area contributed by atoms with Crippen LogP contribution >= 0.6 is 15.9 Å². The number of nitrogens with one attached hydrogen (secondary N) is 1. The second-order valence-corrected chi connectivity index (χ2v) is 4.57. The minimum atomic E-state index is -0.181. The van der Waals surface area contributed by atoms with Gasteiger partial charge in [-0.1, -0.05) is 12.1 Å². The van der Waals surface area contributed by atoms with Gasteiger partial charge in [0.1, 0.15) is 16.0 Å². The number of hydrogen-bond donors (Lipinski definition) is 1. The van der Waals surface area contributed by atoms with E-state index in [-0.39, 0.29) is 5.56 Å². The minimum absolute atomic E-state index is 0.181. The van der Waals surface area contributed by atoms with Gasteiger partial charge in [-0.15, -0.1) is 0 Å². The molecule has 1 aromatic carbocycles. The number of rotatable bonds is 3. The van der Waals surface area contributed by atoms with Crippen molar-refractivity contribution in [2.45, 2.75) is 13.8 Å². The average molecular weight is 309 g/mol. The van der Waals surface area contributed by atoms with Crippen LogP contribution in [0.4, 0.5) is 0 Å². The molecule has 0 radical (unpaired) electrons. The summed E-state index contributed by atoms with van der Waals surface area (Å²) in [6, 6.07) is 7.48. The summed E-state index contributed by atoms with van der Waals surface area (Å²) in [6.45, 7) is 4.32. The number of H-pyrrole nitrogens is 1. The van der Waals surface area contributed by atoms with E-state index < -0.39 is 0 Å². The Balaban J connectivity index is 2.48. The van der Waals surface area contributed by atoms with Crippen LogP contribution in [0.25, 0.3) is 11.4 Å². The van der Waals surface area contributed by atoms with E-state index >= 15 is 0 Å². The summed E-state index contributed by atoms with van der Waals surface area (Å²) in [7, 11) is 0. The minimum Gasteiger partial charge on any atom is -0.494 e. The number of benzene rings is 1. The van der Waals surface area contributed by atoms with E-state index in [1.54, 1.807) is 6.92 Å². The molecule has 94 valence electrons. The Labute approximate surface area is 113 Å². The molecule has 0 aliphatic rings. The standard InChI is InChI=1S/C13H13BrN2O2/c1-3-18-10-6-4-5-9(7-10)12-15-8(2)11(14)13(17)16-12/h4-7H,3H2,1-2H3,(H,15,16,17). The summed E-state index contributed by atoms with van der Waals surface area (Å²) in [4.78, 5) is 18.8. The van der Waals surface area contributed by atoms with E-state index in [0.717, 1.165) is 11.3 Å². The monoisotopic (exact) mass is 308 g/mol. The third-order valence-corrected chi connectivity index (χ3v) is 3.38. The molecular weight excluding hydrogens is 296 g/mol. The summed E-state index contributed by atoms with van der Waals surface area (Å²) in [5, 5.41) is 0. The van der Waals surface area contributed by atoms with Crippen molar-refractivity contribution >= 4 is 15.9 Å². The zero-order chi connectivity index (χ0) is 13.1. The predicted octanol–water partition coefficient (Wildman–Crippen LogP) is 2.91. The first kappa shape index (κ1) is 12.8. The van der Waals surface area contributed by atoms with Crippen molar-refractivity contribution in [2.75, 3.05) is 6.61 Å². The van der Waals surface area contributed by atoms with Crippen molar-refractivity contribution in [2.24, 2.45) is 0 Å². The van der Waals surface area contributed by atoms with Gasteiger partial charge in [-0.25, -0.2) is 4.98 Å². The van der Waals surface area contributed by atoms with Crippen LogP contribution in [-0.2, 0) is 0 Å². The lowest BCUT2D eigenvalue weighted by atomic mass is 10.2. The molecule has 1 N–H and O–H groups in total. The highest BCUT2D eigenvalue weighted by Gasteiger charge is 2.07. The molecule has 1 aromatic heterocycles. The highest BCUT2D eigenvalue weighted by molar-refractivity contribution is 9.10. The molecule has 1 heterocycles. The summed E-state index contributed by atoms with van der Waals surface area (Å²) < 4.78 is 5.89. The van der Waals surface area contributed by atoms with Crippen molar-refractivity contribution in [3.8, 4) is 17.1 Å². The summed E-state index contributed by atoms with van der Waals surface area (Å²) in [5.41, 5.74) is 1.31. The highest BCUT2D eigenvalue weighted by Crippen LogP contribution is 2.21. The van der Waals surface area contributed by atoms with E-state index in [9.17, 15) is 4.79 Å². The van der Waals surface area contributed by atoms with Crippen molar-refractivity contribution in [3.05, 3.63) is 44.8 Å². The first-order valence-electron chi connectivity index (χ1n) is 5.61. The van der Waals surface area contributed by atoms with Gasteiger partial charge < -0.3 is 9.72 Å². The molecule has 0 unspecified atom stereocenters. The van der Waals surface area contributed by atoms with Gasteiger partial charge in [0.05, 0.1) is 12.3 Å². The third kappa shape index (κ3) is 2.61. The fourth-order valence-corrected chi connectivity index (χ4v) is 1.80. The predicted molar refractivity (Wildman–Crippen MR) is 73.9 cm³/mol. The second kappa shape index (κ2) is 5.35. The van der Waals surface area contributed by atoms with Gasteiger partial charge in [-0.05, 0) is 41.9 Å². The maximum atomic E-state index is 11.7. The van der Waals surface area contributed by atoms with Crippen LogP contribution in [0.1, 0.15) is 12.6 Å². The van der Waals surface area contributed by atoms with E-state index in [2.05, 4.69) is 25.9 Å². The molecule has 0 saturated heterocycles. The van der Waals surface area contributed by atoms with E-state index in [1.165, 1.54) is 0 Å². The van der Waals surface area contributed by atoms with Crippen molar-refractivity contribution < 1.29 is 4.74 Å². The van der Waals surface area contributed by atoms with Gasteiger partial charge in [-0.3, -0.25) is 4.79 Å². The largest absolute Gasteiger partial charge is 0.494 e. The first-order chi connectivity index (χ1) is 8.61. The Hall–Kier alpha value is -1.62. The van der Waals surface area contributed by atoms with Gasteiger partial charge in [0.2, 0.25) is 0 Å². The molecule has 5 heteroatoms. The van der Waals surface area contributed by atoms with Gasteiger partial charge >= 0.3 is 0 Å². The molecule has 0 aliphatic heterocycles. The second-order valence-electron chi connectivity index (χ2n) is 3.77. The molecule has 2 aromatic rings. The number of ether oxygens (including phenoxy) is 1. The lowest BCUT2D eigenvalue weighted by molar-refractivity contribution is 0.340. The topological polar surface area (TPSA) is 55.0 Å². The van der Waals surface area contributed by atoms with Crippen LogP contribution in [0, 0.1) is 6.92 Å². The summed E-state index contributed by atoms with van der Waals surface area (Å²) in [6.07, 6.45) is 0. The zero-order valence-electron chi connectivity index (χ0n) is 10.2. The Morgan fingerprint density at radius 3 is 2.89 bits per heavy atom. The maximum absolute atomic E-state index is 11.7. The van der Waals surface area contributed by atoms with Crippen molar-refractivity contribution in [1.29, 1.82) is 0 Å². The number of aromatic amines is 1. The Kier molecular flexibility index (Phi) is 3.81. The van der Waals surface area contributed by atoms with E-state index in [0.29, 0.717) is 22.6 Å². The summed E-state index contributed by atoms with van der Waals surface area (Å²) in [5.74, 6) is 1.31. The SMILES string of the molecule is CCOc1cccc(-c2nc(C)c(Br)c(=O)[nH]2)c1. The van der Waals surface area contributed by atoms with Crippen LogP contribution in [0.2, 0.25) is 0 Å². The number of aromatic nitrogens is 2. The molecule has 0 amide bonds. The van der Waals surface area contributed by atoms with E-state index in [4.69, 9.17) is 4.74 Å². The number of halogens is 1. The molecule has 0 saturated carbocycles. The van der Waals surface area contributed by atoms with Gasteiger partial charge in [-0.2, -0.15) is 0 Å². The van der Waals surface area contributed by atoms with Gasteiger partial charge in [0, 0.05) is 5.56 Å². The average Bonchev–Trinajstić information content (AvgIpc) is 2.36. The lowest BCUT2D eigenvalue weighted by Gasteiger charge is -2.06. The molecule has 18 heavy (non-hydrogen) atoms. The number of hydrogen-bond acceptors (Lipinski definition) is 3. The van der Waals surface area contributed by atoms with Crippen LogP contribution in [0.3, 0.4) is 0 Å². The Morgan fingerprint density at radius 2 is 2.22 bits per heavy atom. The highest BCUT2D eigenvalue weighted by atomic mass is 79.9. The molecule has 0 spiro atoms. The maximum Gasteiger partial charge on any atom is 0.265 e. The quantitative estimate of drug-likeness (QED) is 0.948. The Morgan fingerprint density at radius 1 is 1.44 bits per heavy atom.